The first-order chi connectivity index (χ1) is 6.79. The van der Waals surface area contributed by atoms with E-state index in [0.29, 0.717) is 6.54 Å². The number of nitrogens with two attached hydrogens (primary N) is 1. The minimum absolute atomic E-state index is 0.460. The van der Waals surface area contributed by atoms with Crippen LogP contribution in [0.3, 0.4) is 0 Å². The maximum atomic E-state index is 5.48. The third-order valence-electron chi connectivity index (χ3n) is 1.71. The zero-order chi connectivity index (χ0) is 9.97. The first-order valence-electron chi connectivity index (χ1n) is 4.08. The fraction of sp³-hybridized carbons (Fsp3) is 0.111. The minimum Gasteiger partial charge on any atom is -0.324 e. The molecule has 0 spiro atoms. The van der Waals surface area contributed by atoms with E-state index in [1.54, 1.807) is 11.3 Å². The van der Waals surface area contributed by atoms with Crippen molar-refractivity contribution in [3.8, 4) is 10.6 Å². The van der Waals surface area contributed by atoms with Crippen LogP contribution in [0.1, 0.15) is 5.01 Å². The number of nitrogens with zero attached hydrogens (tertiary/aromatic N) is 2. The number of benzene rings is 1. The molecule has 0 saturated heterocycles. The summed E-state index contributed by atoms with van der Waals surface area (Å²) in [7, 11) is 0. The Kier molecular flexibility index (Phi) is 3.09. The highest BCUT2D eigenvalue weighted by molar-refractivity contribution is 14.1. The molecule has 14 heavy (non-hydrogen) atoms. The van der Waals surface area contributed by atoms with Crippen molar-refractivity contribution in [1.29, 1.82) is 0 Å². The number of hydrogen-bond acceptors (Lipinski definition) is 4. The molecule has 0 aliphatic rings. The van der Waals surface area contributed by atoms with Gasteiger partial charge < -0.3 is 5.73 Å². The highest BCUT2D eigenvalue weighted by Gasteiger charge is 2.04. The summed E-state index contributed by atoms with van der Waals surface area (Å²) < 4.78 is 1.20. The lowest BCUT2D eigenvalue weighted by atomic mass is 10.2. The van der Waals surface area contributed by atoms with Crippen LogP contribution in [0.25, 0.3) is 10.6 Å². The van der Waals surface area contributed by atoms with Crippen LogP contribution < -0.4 is 5.73 Å². The average molecular weight is 317 g/mol. The number of hydrogen-bond donors (Lipinski definition) is 1. The van der Waals surface area contributed by atoms with E-state index in [4.69, 9.17) is 5.73 Å². The smallest absolute Gasteiger partial charge is 0.147 e. The molecule has 2 aromatic rings. The highest BCUT2D eigenvalue weighted by Crippen LogP contribution is 2.24. The van der Waals surface area contributed by atoms with Gasteiger partial charge in [0.25, 0.3) is 0 Å². The molecule has 2 N–H and O–H groups in total. The van der Waals surface area contributed by atoms with Crippen molar-refractivity contribution in [3.05, 3.63) is 32.8 Å². The zero-order valence-electron chi connectivity index (χ0n) is 7.27. The minimum atomic E-state index is 0.460. The normalized spacial score (nSPS) is 10.4. The third kappa shape index (κ3) is 2.10. The first kappa shape index (κ1) is 10.0. The van der Waals surface area contributed by atoms with E-state index in [-0.39, 0.29) is 0 Å². The summed E-state index contributed by atoms with van der Waals surface area (Å²) >= 11 is 3.82. The topological polar surface area (TPSA) is 51.8 Å². The van der Waals surface area contributed by atoms with Crippen molar-refractivity contribution in [1.82, 2.24) is 10.2 Å². The molecule has 0 unspecified atom stereocenters. The van der Waals surface area contributed by atoms with E-state index in [1.807, 2.05) is 12.1 Å². The molecule has 1 aromatic heterocycles. The van der Waals surface area contributed by atoms with E-state index < -0.39 is 0 Å². The predicted molar refractivity (Wildman–Crippen MR) is 66.0 cm³/mol. The van der Waals surface area contributed by atoms with Crippen LogP contribution >= 0.6 is 33.9 Å². The van der Waals surface area contributed by atoms with Crippen molar-refractivity contribution < 1.29 is 0 Å². The molecule has 0 aliphatic heterocycles. The summed E-state index contributed by atoms with van der Waals surface area (Å²) in [5, 5.41) is 9.87. The second-order valence-corrected chi connectivity index (χ2v) is 5.02. The molecule has 2 rings (SSSR count). The molecule has 0 aliphatic carbocycles. The molecular formula is C9H8IN3S. The van der Waals surface area contributed by atoms with Gasteiger partial charge in [-0.25, -0.2) is 0 Å². The second kappa shape index (κ2) is 4.33. The van der Waals surface area contributed by atoms with Crippen LogP contribution in [0.4, 0.5) is 0 Å². The Morgan fingerprint density at radius 3 is 2.86 bits per heavy atom. The second-order valence-electron chi connectivity index (χ2n) is 2.72. The Hall–Kier alpha value is -0.530. The van der Waals surface area contributed by atoms with Crippen LogP contribution in [0.15, 0.2) is 24.3 Å². The van der Waals surface area contributed by atoms with E-state index in [2.05, 4.69) is 44.9 Å². The summed E-state index contributed by atoms with van der Waals surface area (Å²) in [6, 6.07) is 8.18. The van der Waals surface area contributed by atoms with Gasteiger partial charge in [0.15, 0.2) is 0 Å². The van der Waals surface area contributed by atoms with Gasteiger partial charge in [-0.15, -0.1) is 10.2 Å². The summed E-state index contributed by atoms with van der Waals surface area (Å²) in [5.74, 6) is 0. The molecule has 0 radical (unpaired) electrons. The van der Waals surface area contributed by atoms with Gasteiger partial charge in [-0.05, 0) is 34.7 Å². The van der Waals surface area contributed by atoms with Crippen LogP contribution in [-0.2, 0) is 6.54 Å². The molecule has 0 saturated carbocycles. The summed E-state index contributed by atoms with van der Waals surface area (Å²) in [4.78, 5) is 0. The van der Waals surface area contributed by atoms with Crippen molar-refractivity contribution in [2.24, 2.45) is 5.73 Å². The van der Waals surface area contributed by atoms with E-state index in [9.17, 15) is 0 Å². The fourth-order valence-electron chi connectivity index (χ4n) is 1.07. The van der Waals surface area contributed by atoms with Gasteiger partial charge in [0.1, 0.15) is 10.0 Å². The van der Waals surface area contributed by atoms with Gasteiger partial charge in [0, 0.05) is 15.7 Å². The molecule has 0 amide bonds. The van der Waals surface area contributed by atoms with Crippen LogP contribution in [0.2, 0.25) is 0 Å². The SMILES string of the molecule is NCc1nnc(-c2cccc(I)c2)s1. The number of aromatic nitrogens is 2. The monoisotopic (exact) mass is 317 g/mol. The lowest BCUT2D eigenvalue weighted by Gasteiger charge is -1.94. The Bertz CT molecular complexity index is 441. The molecule has 0 atom stereocenters. The maximum absolute atomic E-state index is 5.48. The molecule has 1 aromatic carbocycles. The molecule has 0 fully saturated rings. The summed E-state index contributed by atoms with van der Waals surface area (Å²) in [5.41, 5.74) is 6.58. The number of halogens is 1. The fourth-order valence-corrected chi connectivity index (χ4v) is 2.33. The van der Waals surface area contributed by atoms with Crippen molar-refractivity contribution >= 4 is 33.9 Å². The molecule has 1 heterocycles. The lowest BCUT2D eigenvalue weighted by Crippen LogP contribution is -1.94. The summed E-state index contributed by atoms with van der Waals surface area (Å²) in [6.07, 6.45) is 0. The Labute approximate surface area is 99.5 Å². The van der Waals surface area contributed by atoms with Gasteiger partial charge in [-0.1, -0.05) is 23.5 Å². The Morgan fingerprint density at radius 2 is 2.21 bits per heavy atom. The Morgan fingerprint density at radius 1 is 1.36 bits per heavy atom. The third-order valence-corrected chi connectivity index (χ3v) is 3.38. The highest BCUT2D eigenvalue weighted by atomic mass is 127. The zero-order valence-corrected chi connectivity index (χ0v) is 10.2. The van der Waals surface area contributed by atoms with E-state index >= 15 is 0 Å². The first-order valence-corrected chi connectivity index (χ1v) is 5.97. The predicted octanol–water partition coefficient (Wildman–Crippen LogP) is 2.27. The van der Waals surface area contributed by atoms with Gasteiger partial charge in [0.05, 0.1) is 0 Å². The van der Waals surface area contributed by atoms with Crippen LogP contribution in [0, 0.1) is 3.57 Å². The Balaban J connectivity index is 2.39. The largest absolute Gasteiger partial charge is 0.324 e. The van der Waals surface area contributed by atoms with E-state index in [1.165, 1.54) is 3.57 Å². The van der Waals surface area contributed by atoms with Gasteiger partial charge in [-0.2, -0.15) is 0 Å². The molecule has 5 heteroatoms. The van der Waals surface area contributed by atoms with Gasteiger partial charge in [0.2, 0.25) is 0 Å². The quantitative estimate of drug-likeness (QED) is 0.865. The molecule has 72 valence electrons. The summed E-state index contributed by atoms with van der Waals surface area (Å²) in [6.45, 7) is 0.460. The average Bonchev–Trinajstić information content (AvgIpc) is 2.66. The maximum Gasteiger partial charge on any atom is 0.147 e. The molecule has 3 nitrogen and oxygen atoms in total. The molecular weight excluding hydrogens is 309 g/mol. The standard InChI is InChI=1S/C9H8IN3S/c10-7-3-1-2-6(4-7)9-13-12-8(5-11)14-9/h1-4H,5,11H2. The van der Waals surface area contributed by atoms with Gasteiger partial charge in [-0.3, -0.25) is 0 Å². The lowest BCUT2D eigenvalue weighted by molar-refractivity contribution is 0.960. The van der Waals surface area contributed by atoms with Crippen LogP contribution in [0.5, 0.6) is 0 Å². The van der Waals surface area contributed by atoms with Crippen molar-refractivity contribution in [2.45, 2.75) is 6.54 Å². The van der Waals surface area contributed by atoms with Crippen molar-refractivity contribution in [3.63, 3.8) is 0 Å². The number of rotatable bonds is 2. The molecule has 0 bridgehead atoms. The van der Waals surface area contributed by atoms with Crippen molar-refractivity contribution in [2.75, 3.05) is 0 Å². The van der Waals surface area contributed by atoms with Crippen LogP contribution in [-0.4, -0.2) is 10.2 Å². The van der Waals surface area contributed by atoms with E-state index in [0.717, 1.165) is 15.6 Å². The van der Waals surface area contributed by atoms with Gasteiger partial charge >= 0.3 is 0 Å².